The molecule has 1 heterocycles. The second kappa shape index (κ2) is 9.80. The minimum absolute atomic E-state index is 0.224. The van der Waals surface area contributed by atoms with Crippen molar-refractivity contribution in [2.24, 2.45) is 10.7 Å². The molecule has 1 aromatic carbocycles. The number of ether oxygens (including phenoxy) is 1. The average Bonchev–Trinajstić information content (AvgIpc) is 2.60. The number of benzene rings is 1. The number of rotatable bonds is 6. The fourth-order valence-corrected chi connectivity index (χ4v) is 2.80. The predicted octanol–water partition coefficient (Wildman–Crippen LogP) is 2.14. The highest BCUT2D eigenvalue weighted by Gasteiger charge is 2.23. The van der Waals surface area contributed by atoms with Crippen LogP contribution in [0.2, 0.25) is 0 Å². The summed E-state index contributed by atoms with van der Waals surface area (Å²) in [7, 11) is 0. The Morgan fingerprint density at radius 3 is 2.71 bits per heavy atom. The van der Waals surface area contributed by atoms with Crippen LogP contribution in [0.5, 0.6) is 0 Å². The smallest absolute Gasteiger partial charge is 0.409 e. The Labute approximate surface area is 144 Å². The van der Waals surface area contributed by atoms with Gasteiger partial charge in [-0.25, -0.2) is 4.79 Å². The molecule has 0 bridgehead atoms. The third-order valence-electron chi connectivity index (χ3n) is 4.12. The van der Waals surface area contributed by atoms with E-state index in [-0.39, 0.29) is 12.1 Å². The number of aryl methyl sites for hydroxylation is 1. The maximum absolute atomic E-state index is 11.7. The highest BCUT2D eigenvalue weighted by atomic mass is 16.6. The average molecular weight is 332 g/mol. The van der Waals surface area contributed by atoms with Crippen LogP contribution in [0.4, 0.5) is 4.79 Å². The number of nitrogens with one attached hydrogen (secondary N) is 1. The number of piperidine rings is 1. The summed E-state index contributed by atoms with van der Waals surface area (Å²) in [5, 5.41) is 3.26. The summed E-state index contributed by atoms with van der Waals surface area (Å²) in [6, 6.07) is 10.7. The van der Waals surface area contributed by atoms with E-state index < -0.39 is 0 Å². The molecule has 132 valence electrons. The summed E-state index contributed by atoms with van der Waals surface area (Å²) in [6.45, 7) is 4.34. The van der Waals surface area contributed by atoms with Crippen molar-refractivity contribution in [2.45, 2.75) is 38.6 Å². The molecule has 1 saturated heterocycles. The van der Waals surface area contributed by atoms with Gasteiger partial charge < -0.3 is 20.7 Å². The number of likely N-dealkylation sites (tertiary alicyclic amines) is 1. The maximum atomic E-state index is 11.7. The van der Waals surface area contributed by atoms with Gasteiger partial charge in [-0.1, -0.05) is 30.3 Å². The van der Waals surface area contributed by atoms with Crippen molar-refractivity contribution >= 4 is 12.1 Å². The Bertz CT molecular complexity index is 525. The Balaban J connectivity index is 1.64. The van der Waals surface area contributed by atoms with Gasteiger partial charge in [0.2, 0.25) is 0 Å². The molecule has 2 rings (SSSR count). The number of nitrogens with two attached hydrogens (primary N) is 1. The molecule has 6 nitrogen and oxygen atoms in total. The molecule has 1 amide bonds. The van der Waals surface area contributed by atoms with E-state index in [9.17, 15) is 4.79 Å². The van der Waals surface area contributed by atoms with Crippen molar-refractivity contribution in [1.82, 2.24) is 10.2 Å². The molecule has 0 aliphatic carbocycles. The van der Waals surface area contributed by atoms with E-state index in [1.807, 2.05) is 13.0 Å². The Kier molecular flexibility index (Phi) is 7.39. The minimum atomic E-state index is -0.224. The van der Waals surface area contributed by atoms with Gasteiger partial charge in [-0.05, 0) is 38.2 Å². The van der Waals surface area contributed by atoms with Crippen molar-refractivity contribution in [3.63, 3.8) is 0 Å². The van der Waals surface area contributed by atoms with E-state index in [1.165, 1.54) is 5.56 Å². The van der Waals surface area contributed by atoms with Crippen molar-refractivity contribution in [3.05, 3.63) is 35.9 Å². The zero-order chi connectivity index (χ0) is 17.2. The quantitative estimate of drug-likeness (QED) is 0.475. The summed E-state index contributed by atoms with van der Waals surface area (Å²) >= 11 is 0. The lowest BCUT2D eigenvalue weighted by Crippen LogP contribution is -2.48. The van der Waals surface area contributed by atoms with Crippen LogP contribution in [0.15, 0.2) is 35.3 Å². The summed E-state index contributed by atoms with van der Waals surface area (Å²) in [5.74, 6) is 0.498. The third kappa shape index (κ3) is 6.10. The van der Waals surface area contributed by atoms with Crippen molar-refractivity contribution in [2.75, 3.05) is 26.2 Å². The molecule has 0 radical (unpaired) electrons. The Hall–Kier alpha value is -2.24. The van der Waals surface area contributed by atoms with Crippen LogP contribution in [0.1, 0.15) is 31.7 Å². The Morgan fingerprint density at radius 2 is 2.04 bits per heavy atom. The standard InChI is InChI=1S/C18H28N4O2/c1-2-24-18(23)22-13-10-16(11-14-22)21-17(19)20-12-6-9-15-7-4-3-5-8-15/h3-5,7-8,16H,2,6,9-14H2,1H3,(H3,19,20,21). The van der Waals surface area contributed by atoms with Gasteiger partial charge in [0, 0.05) is 25.7 Å². The molecule has 3 N–H and O–H groups in total. The van der Waals surface area contributed by atoms with E-state index >= 15 is 0 Å². The zero-order valence-corrected chi connectivity index (χ0v) is 14.4. The molecule has 0 unspecified atom stereocenters. The number of carbonyl (C=O) groups excluding carboxylic acids is 1. The van der Waals surface area contributed by atoms with Crippen LogP contribution in [-0.4, -0.2) is 49.2 Å². The van der Waals surface area contributed by atoms with E-state index in [4.69, 9.17) is 10.5 Å². The Morgan fingerprint density at radius 1 is 1.33 bits per heavy atom. The summed E-state index contributed by atoms with van der Waals surface area (Å²) in [6.07, 6.45) is 3.49. The number of carbonyl (C=O) groups is 1. The second-order valence-electron chi connectivity index (χ2n) is 5.96. The lowest BCUT2D eigenvalue weighted by Gasteiger charge is -2.31. The lowest BCUT2D eigenvalue weighted by atomic mass is 10.1. The third-order valence-corrected chi connectivity index (χ3v) is 4.12. The fraction of sp³-hybridized carbons (Fsp3) is 0.556. The SMILES string of the molecule is CCOC(=O)N1CCC(NC(N)=NCCCc2ccccc2)CC1. The summed E-state index contributed by atoms with van der Waals surface area (Å²) < 4.78 is 5.02. The molecule has 1 aliphatic rings. The number of aliphatic imine (C=N–C) groups is 1. The van der Waals surface area contributed by atoms with Crippen molar-refractivity contribution in [3.8, 4) is 0 Å². The van der Waals surface area contributed by atoms with Gasteiger partial charge >= 0.3 is 6.09 Å². The van der Waals surface area contributed by atoms with Crippen LogP contribution in [0, 0.1) is 0 Å². The van der Waals surface area contributed by atoms with Gasteiger partial charge in [-0.3, -0.25) is 4.99 Å². The van der Waals surface area contributed by atoms with E-state index in [1.54, 1.807) is 4.90 Å². The monoisotopic (exact) mass is 332 g/mol. The van der Waals surface area contributed by atoms with Crippen LogP contribution in [-0.2, 0) is 11.2 Å². The predicted molar refractivity (Wildman–Crippen MR) is 96.0 cm³/mol. The topological polar surface area (TPSA) is 80.0 Å². The van der Waals surface area contributed by atoms with Gasteiger partial charge in [0.15, 0.2) is 5.96 Å². The number of guanidine groups is 1. The number of nitrogens with zero attached hydrogens (tertiary/aromatic N) is 2. The molecule has 1 aliphatic heterocycles. The first-order valence-electron chi connectivity index (χ1n) is 8.71. The minimum Gasteiger partial charge on any atom is -0.450 e. The number of hydrogen-bond acceptors (Lipinski definition) is 3. The van der Waals surface area contributed by atoms with Crippen LogP contribution in [0.25, 0.3) is 0 Å². The largest absolute Gasteiger partial charge is 0.450 e. The molecular weight excluding hydrogens is 304 g/mol. The van der Waals surface area contributed by atoms with Crippen molar-refractivity contribution < 1.29 is 9.53 Å². The molecule has 0 spiro atoms. The molecule has 1 fully saturated rings. The number of hydrogen-bond donors (Lipinski definition) is 2. The summed E-state index contributed by atoms with van der Waals surface area (Å²) in [5.41, 5.74) is 7.28. The van der Waals surface area contributed by atoms with Gasteiger partial charge in [0.1, 0.15) is 0 Å². The van der Waals surface area contributed by atoms with E-state index in [0.717, 1.165) is 32.2 Å². The van der Waals surface area contributed by atoms with Crippen LogP contribution in [0.3, 0.4) is 0 Å². The fourth-order valence-electron chi connectivity index (χ4n) is 2.80. The van der Waals surface area contributed by atoms with Crippen LogP contribution < -0.4 is 11.1 Å². The first-order valence-corrected chi connectivity index (χ1v) is 8.71. The molecule has 0 atom stereocenters. The first-order chi connectivity index (χ1) is 11.7. The normalized spacial score (nSPS) is 16.0. The van der Waals surface area contributed by atoms with E-state index in [0.29, 0.717) is 25.7 Å². The van der Waals surface area contributed by atoms with Gasteiger partial charge in [-0.2, -0.15) is 0 Å². The van der Waals surface area contributed by atoms with Crippen LogP contribution >= 0.6 is 0 Å². The molecular formula is C18H28N4O2. The summed E-state index contributed by atoms with van der Waals surface area (Å²) in [4.78, 5) is 17.8. The highest BCUT2D eigenvalue weighted by Crippen LogP contribution is 2.11. The molecule has 0 saturated carbocycles. The molecule has 6 heteroatoms. The highest BCUT2D eigenvalue weighted by molar-refractivity contribution is 5.78. The molecule has 24 heavy (non-hydrogen) atoms. The zero-order valence-electron chi connectivity index (χ0n) is 14.4. The first kappa shape index (κ1) is 18.1. The number of amides is 1. The molecule has 0 aromatic heterocycles. The molecule has 1 aromatic rings. The maximum Gasteiger partial charge on any atom is 0.409 e. The van der Waals surface area contributed by atoms with E-state index in [2.05, 4.69) is 34.6 Å². The second-order valence-corrected chi connectivity index (χ2v) is 5.96. The van der Waals surface area contributed by atoms with Gasteiger partial charge in [0.05, 0.1) is 6.61 Å². The lowest BCUT2D eigenvalue weighted by molar-refractivity contribution is 0.0963. The van der Waals surface area contributed by atoms with Gasteiger partial charge in [0.25, 0.3) is 0 Å². The van der Waals surface area contributed by atoms with Gasteiger partial charge in [-0.15, -0.1) is 0 Å². The van der Waals surface area contributed by atoms with Crippen molar-refractivity contribution in [1.29, 1.82) is 0 Å².